The third kappa shape index (κ3) is 4.30. The molecule has 0 fully saturated rings. The summed E-state index contributed by atoms with van der Waals surface area (Å²) in [6.45, 7) is 0. The normalized spacial score (nSPS) is 12.1. The number of nitrogens with zero attached hydrogens (tertiary/aromatic N) is 3. The molecule has 1 aliphatic rings. The summed E-state index contributed by atoms with van der Waals surface area (Å²) < 4.78 is 4.85. The molecule has 0 atom stereocenters. The molecule has 9 aromatic carbocycles. The molecular weight excluding hydrogens is 703 g/mol. The number of para-hydroxylation sites is 3. The topological polar surface area (TPSA) is 22.8 Å². The van der Waals surface area contributed by atoms with E-state index in [4.69, 9.17) is 4.98 Å². The van der Waals surface area contributed by atoms with E-state index in [0.717, 1.165) is 22.6 Å². The highest BCUT2D eigenvalue weighted by molar-refractivity contribution is 6.25. The predicted molar refractivity (Wildman–Crippen MR) is 243 cm³/mol. The highest BCUT2D eigenvalue weighted by Crippen LogP contribution is 2.50. The van der Waals surface area contributed by atoms with Gasteiger partial charge in [-0.15, -0.1) is 0 Å². The molecule has 3 nitrogen and oxygen atoms in total. The fourth-order valence-corrected chi connectivity index (χ4v) is 10.1. The molecule has 0 radical (unpaired) electrons. The van der Waals surface area contributed by atoms with Crippen molar-refractivity contribution in [1.29, 1.82) is 0 Å². The third-order valence-corrected chi connectivity index (χ3v) is 12.5. The van der Waals surface area contributed by atoms with Crippen LogP contribution in [0.25, 0.3) is 121 Å². The first-order valence-corrected chi connectivity index (χ1v) is 20.0. The Morgan fingerprint density at radius 3 is 1.83 bits per heavy atom. The lowest BCUT2D eigenvalue weighted by atomic mass is 9.94. The van der Waals surface area contributed by atoms with Crippen LogP contribution in [0.2, 0.25) is 0 Å². The maximum atomic E-state index is 5.15. The second kappa shape index (κ2) is 11.9. The van der Waals surface area contributed by atoms with Gasteiger partial charge in [-0.3, -0.25) is 4.98 Å². The van der Waals surface area contributed by atoms with Crippen LogP contribution in [0, 0.1) is 0 Å². The van der Waals surface area contributed by atoms with Crippen LogP contribution in [0.5, 0.6) is 0 Å². The Morgan fingerprint density at radius 2 is 0.966 bits per heavy atom. The molecule has 0 saturated carbocycles. The molecule has 0 unspecified atom stereocenters. The van der Waals surface area contributed by atoms with Crippen molar-refractivity contribution in [2.45, 2.75) is 0 Å². The molecule has 0 amide bonds. The molecule has 0 saturated heterocycles. The summed E-state index contributed by atoms with van der Waals surface area (Å²) in [6.07, 6.45) is 2.04. The smallest absolute Gasteiger partial charge is 0.0787 e. The maximum absolute atomic E-state index is 5.15. The number of fused-ring (bicyclic) bond motifs is 11. The third-order valence-electron chi connectivity index (χ3n) is 12.5. The summed E-state index contributed by atoms with van der Waals surface area (Å²) in [4.78, 5) is 5.15. The number of aromatic nitrogens is 3. The second-order valence-corrected chi connectivity index (χ2v) is 15.5. The number of pyridine rings is 1. The fourth-order valence-electron chi connectivity index (χ4n) is 10.1. The molecule has 3 heterocycles. The lowest BCUT2D eigenvalue weighted by Gasteiger charge is -2.14. The maximum Gasteiger partial charge on any atom is 0.0787 e. The van der Waals surface area contributed by atoms with Crippen LogP contribution in [0.1, 0.15) is 0 Å². The van der Waals surface area contributed by atoms with Gasteiger partial charge in [0.05, 0.1) is 27.8 Å². The molecule has 13 rings (SSSR count). The van der Waals surface area contributed by atoms with Gasteiger partial charge in [0.2, 0.25) is 0 Å². The van der Waals surface area contributed by atoms with Gasteiger partial charge >= 0.3 is 0 Å². The Morgan fingerprint density at radius 1 is 0.328 bits per heavy atom. The van der Waals surface area contributed by atoms with Crippen molar-refractivity contribution in [3.63, 3.8) is 0 Å². The Balaban J connectivity index is 1.03. The molecule has 0 aliphatic heterocycles. The van der Waals surface area contributed by atoms with Gasteiger partial charge in [0.1, 0.15) is 0 Å². The molecule has 0 bridgehead atoms. The van der Waals surface area contributed by atoms with Crippen molar-refractivity contribution in [2.75, 3.05) is 0 Å². The van der Waals surface area contributed by atoms with Gasteiger partial charge in [-0.05, 0) is 93.2 Å². The van der Waals surface area contributed by atoms with Crippen molar-refractivity contribution in [3.05, 3.63) is 200 Å². The summed E-state index contributed by atoms with van der Waals surface area (Å²) in [5.74, 6) is 0. The summed E-state index contributed by atoms with van der Waals surface area (Å²) in [7, 11) is 0. The van der Waals surface area contributed by atoms with Crippen LogP contribution in [-0.2, 0) is 0 Å². The van der Waals surface area contributed by atoms with Crippen molar-refractivity contribution in [3.8, 4) is 56.0 Å². The minimum atomic E-state index is 1.02. The first-order valence-electron chi connectivity index (χ1n) is 20.0. The molecule has 3 aromatic heterocycles. The molecular formula is C55H33N3. The standard InChI is InChI=1S/C55H33N3/c1-2-16-37(17-3-1)57-49-27-11-9-24-45(49)53-43-22-6-5-20-40(43)46(32-51(53)57)34-28-29-50-47(31-34)41-21-8-10-26-48(41)58(50)38-18-12-14-35(30-38)55-54-44-23-7-4-19-39(44)42-25-13-15-36(33-56-55)52(42)54/h1-33H. The van der Waals surface area contributed by atoms with Gasteiger partial charge in [-0.25, -0.2) is 0 Å². The second-order valence-electron chi connectivity index (χ2n) is 15.5. The average molecular weight is 736 g/mol. The van der Waals surface area contributed by atoms with Crippen LogP contribution >= 0.6 is 0 Å². The average Bonchev–Trinajstić information content (AvgIpc) is 3.93. The van der Waals surface area contributed by atoms with Gasteiger partial charge in [0.15, 0.2) is 0 Å². The number of benzene rings is 9. The fraction of sp³-hybridized carbons (Fsp3) is 0. The van der Waals surface area contributed by atoms with Crippen LogP contribution in [0.4, 0.5) is 0 Å². The van der Waals surface area contributed by atoms with E-state index in [2.05, 4.69) is 203 Å². The van der Waals surface area contributed by atoms with Gasteiger partial charge in [-0.2, -0.15) is 0 Å². The summed E-state index contributed by atoms with van der Waals surface area (Å²) in [5, 5.41) is 10.00. The van der Waals surface area contributed by atoms with Crippen LogP contribution in [-0.4, -0.2) is 14.1 Å². The minimum absolute atomic E-state index is 1.02. The molecule has 58 heavy (non-hydrogen) atoms. The molecule has 268 valence electrons. The zero-order chi connectivity index (χ0) is 37.9. The Kier molecular flexibility index (Phi) is 6.44. The lowest BCUT2D eigenvalue weighted by molar-refractivity contribution is 1.18. The largest absolute Gasteiger partial charge is 0.309 e. The quantitative estimate of drug-likeness (QED) is 0.176. The van der Waals surface area contributed by atoms with E-state index in [-0.39, 0.29) is 0 Å². The summed E-state index contributed by atoms with van der Waals surface area (Å²) in [6, 6.07) is 71.0. The van der Waals surface area contributed by atoms with Gasteiger partial charge in [0.25, 0.3) is 0 Å². The molecule has 0 spiro atoms. The van der Waals surface area contributed by atoms with E-state index in [0.29, 0.717) is 0 Å². The zero-order valence-electron chi connectivity index (χ0n) is 31.4. The van der Waals surface area contributed by atoms with Crippen molar-refractivity contribution in [2.24, 2.45) is 0 Å². The molecule has 0 N–H and O–H groups in total. The number of hydrogen-bond donors (Lipinski definition) is 0. The van der Waals surface area contributed by atoms with Gasteiger partial charge in [-0.1, -0.05) is 140 Å². The highest BCUT2D eigenvalue weighted by atomic mass is 15.0. The number of hydrogen-bond acceptors (Lipinski definition) is 1. The Labute approximate surface area is 334 Å². The van der Waals surface area contributed by atoms with E-state index in [9.17, 15) is 0 Å². The summed E-state index contributed by atoms with van der Waals surface area (Å²) >= 11 is 0. The van der Waals surface area contributed by atoms with Crippen LogP contribution in [0.3, 0.4) is 0 Å². The molecule has 1 aliphatic carbocycles. The van der Waals surface area contributed by atoms with Crippen molar-refractivity contribution in [1.82, 2.24) is 14.1 Å². The van der Waals surface area contributed by atoms with Gasteiger partial charge in [0, 0.05) is 61.0 Å². The zero-order valence-corrected chi connectivity index (χ0v) is 31.4. The first-order chi connectivity index (χ1) is 28.8. The van der Waals surface area contributed by atoms with Gasteiger partial charge < -0.3 is 9.13 Å². The SMILES string of the molecule is c1ccc(-n2c3ccccc3c3c4ccccc4c(-c4ccc5c(c4)c4ccccc4n5-c4cccc(-c5ncc6cccc7c6c5-c5ccccc5-7)c4)cc32)cc1. The van der Waals surface area contributed by atoms with Crippen LogP contribution in [0.15, 0.2) is 200 Å². The molecule has 3 heteroatoms. The number of rotatable bonds is 4. The predicted octanol–water partition coefficient (Wildman–Crippen LogP) is 14.6. The first kappa shape index (κ1) is 31.5. The minimum Gasteiger partial charge on any atom is -0.309 e. The van der Waals surface area contributed by atoms with Crippen molar-refractivity contribution >= 4 is 65.2 Å². The van der Waals surface area contributed by atoms with E-state index in [1.54, 1.807) is 0 Å². The van der Waals surface area contributed by atoms with Crippen LogP contribution < -0.4 is 0 Å². The van der Waals surface area contributed by atoms with E-state index in [1.807, 2.05) is 6.20 Å². The van der Waals surface area contributed by atoms with E-state index >= 15 is 0 Å². The monoisotopic (exact) mass is 735 g/mol. The highest BCUT2D eigenvalue weighted by Gasteiger charge is 2.26. The van der Waals surface area contributed by atoms with Crippen molar-refractivity contribution < 1.29 is 0 Å². The summed E-state index contributed by atoms with van der Waals surface area (Å²) in [5.41, 5.74) is 16.6. The van der Waals surface area contributed by atoms with E-state index < -0.39 is 0 Å². The Bertz CT molecular complexity index is 3680. The molecule has 12 aromatic rings. The Hall–Kier alpha value is -7.75. The lowest BCUT2D eigenvalue weighted by Crippen LogP contribution is -1.96. The van der Waals surface area contributed by atoms with E-state index in [1.165, 1.54) is 98.5 Å².